The summed E-state index contributed by atoms with van der Waals surface area (Å²) in [6, 6.07) is 7.69. The van der Waals surface area contributed by atoms with Crippen molar-refractivity contribution in [3.63, 3.8) is 0 Å². The molecule has 0 aliphatic carbocycles. The molecule has 0 aliphatic heterocycles. The van der Waals surface area contributed by atoms with E-state index >= 15 is 0 Å². The van der Waals surface area contributed by atoms with Gasteiger partial charge in [-0.3, -0.25) is 4.79 Å². The van der Waals surface area contributed by atoms with Crippen LogP contribution in [0.3, 0.4) is 0 Å². The van der Waals surface area contributed by atoms with Gasteiger partial charge in [0.05, 0.1) is 0 Å². The maximum Gasteiger partial charge on any atom is 0.243 e. The molecule has 0 unspecified atom stereocenters. The summed E-state index contributed by atoms with van der Waals surface area (Å²) in [6.07, 6.45) is 1.26. The number of rotatable bonds is 4. The Morgan fingerprint density at radius 2 is 2.18 bits per heavy atom. The molecule has 0 saturated carbocycles. The van der Waals surface area contributed by atoms with E-state index < -0.39 is 0 Å². The summed E-state index contributed by atoms with van der Waals surface area (Å²) in [7, 11) is 0. The van der Waals surface area contributed by atoms with Crippen LogP contribution in [0.15, 0.2) is 36.9 Å². The minimum absolute atomic E-state index is 0.174. The highest BCUT2D eigenvalue weighted by atomic mass is 16.5. The van der Waals surface area contributed by atoms with Crippen LogP contribution in [-0.4, -0.2) is 11.5 Å². The summed E-state index contributed by atoms with van der Waals surface area (Å²) in [4.78, 5) is 11.0. The molecule has 1 aromatic rings. The molecular weight excluding hydrogens is 214 g/mol. The number of amides is 1. The maximum absolute atomic E-state index is 11.0. The third-order valence-corrected chi connectivity index (χ3v) is 1.97. The highest BCUT2D eigenvalue weighted by Gasteiger charge is 2.11. The topological polar surface area (TPSA) is 38.3 Å². The molecule has 3 heteroatoms. The van der Waals surface area contributed by atoms with E-state index in [1.807, 2.05) is 45.0 Å². The van der Waals surface area contributed by atoms with E-state index in [1.54, 1.807) is 0 Å². The van der Waals surface area contributed by atoms with Gasteiger partial charge in [0, 0.05) is 6.54 Å². The van der Waals surface area contributed by atoms with E-state index in [-0.39, 0.29) is 11.5 Å². The van der Waals surface area contributed by atoms with Crippen molar-refractivity contribution >= 4 is 5.91 Å². The molecule has 3 nitrogen and oxygen atoms in total. The lowest BCUT2D eigenvalue weighted by molar-refractivity contribution is -0.116. The summed E-state index contributed by atoms with van der Waals surface area (Å²) >= 11 is 0. The Morgan fingerprint density at radius 1 is 1.47 bits per heavy atom. The predicted octanol–water partition coefficient (Wildman–Crippen LogP) is 2.67. The zero-order valence-electron chi connectivity index (χ0n) is 10.6. The molecule has 0 fully saturated rings. The van der Waals surface area contributed by atoms with Crippen molar-refractivity contribution in [2.24, 2.45) is 0 Å². The Bertz CT molecular complexity index is 405. The Kier molecular flexibility index (Phi) is 4.32. The molecule has 0 atom stereocenters. The fourth-order valence-electron chi connectivity index (χ4n) is 1.33. The van der Waals surface area contributed by atoms with Crippen molar-refractivity contribution in [2.45, 2.75) is 32.9 Å². The zero-order chi connectivity index (χ0) is 12.9. The van der Waals surface area contributed by atoms with E-state index in [9.17, 15) is 4.79 Å². The van der Waals surface area contributed by atoms with E-state index in [0.717, 1.165) is 11.3 Å². The normalized spacial score (nSPS) is 10.8. The van der Waals surface area contributed by atoms with Gasteiger partial charge >= 0.3 is 0 Å². The summed E-state index contributed by atoms with van der Waals surface area (Å²) in [5.41, 5.74) is 0.783. The fraction of sp³-hybridized carbons (Fsp3) is 0.357. The summed E-state index contributed by atoms with van der Waals surface area (Å²) in [5, 5.41) is 2.73. The Balaban J connectivity index is 2.66. The first-order valence-electron chi connectivity index (χ1n) is 5.59. The summed E-state index contributed by atoms with van der Waals surface area (Å²) in [6.45, 7) is 9.88. The first-order chi connectivity index (χ1) is 7.90. The van der Waals surface area contributed by atoms with Crippen molar-refractivity contribution < 1.29 is 9.53 Å². The number of carbonyl (C=O) groups excluding carboxylic acids is 1. The smallest absolute Gasteiger partial charge is 0.243 e. The first-order valence-corrected chi connectivity index (χ1v) is 5.59. The number of hydrogen-bond acceptors (Lipinski definition) is 2. The van der Waals surface area contributed by atoms with Crippen LogP contribution in [0.4, 0.5) is 0 Å². The second-order valence-corrected chi connectivity index (χ2v) is 4.78. The molecule has 1 N–H and O–H groups in total. The third-order valence-electron chi connectivity index (χ3n) is 1.97. The van der Waals surface area contributed by atoms with Gasteiger partial charge in [0.25, 0.3) is 0 Å². The summed E-state index contributed by atoms with van der Waals surface area (Å²) < 4.78 is 5.74. The maximum atomic E-state index is 11.0. The quantitative estimate of drug-likeness (QED) is 0.812. The number of ether oxygens (including phenoxy) is 1. The largest absolute Gasteiger partial charge is 0.488 e. The molecular formula is C14H19NO2. The van der Waals surface area contributed by atoms with Gasteiger partial charge in [0.2, 0.25) is 5.91 Å². The van der Waals surface area contributed by atoms with Crippen LogP contribution in [0, 0.1) is 0 Å². The van der Waals surface area contributed by atoms with Crippen LogP contribution in [0.25, 0.3) is 0 Å². The molecule has 0 heterocycles. The van der Waals surface area contributed by atoms with E-state index in [2.05, 4.69) is 11.9 Å². The van der Waals surface area contributed by atoms with E-state index in [4.69, 9.17) is 4.74 Å². The predicted molar refractivity (Wildman–Crippen MR) is 68.9 cm³/mol. The van der Waals surface area contributed by atoms with Gasteiger partial charge < -0.3 is 10.1 Å². The number of hydrogen-bond donors (Lipinski definition) is 1. The molecule has 0 spiro atoms. The molecule has 1 aromatic carbocycles. The van der Waals surface area contributed by atoms with Gasteiger partial charge in [0.1, 0.15) is 11.4 Å². The van der Waals surface area contributed by atoms with E-state index in [1.165, 1.54) is 6.08 Å². The molecule has 0 saturated heterocycles. The number of benzene rings is 1. The van der Waals surface area contributed by atoms with Crippen LogP contribution in [0.2, 0.25) is 0 Å². The second-order valence-electron chi connectivity index (χ2n) is 4.78. The molecule has 0 radical (unpaired) electrons. The van der Waals surface area contributed by atoms with Crippen molar-refractivity contribution in [1.29, 1.82) is 0 Å². The number of nitrogens with one attached hydrogen (secondary N) is 1. The Morgan fingerprint density at radius 3 is 2.76 bits per heavy atom. The van der Waals surface area contributed by atoms with Crippen LogP contribution in [0.1, 0.15) is 26.3 Å². The van der Waals surface area contributed by atoms with Crippen molar-refractivity contribution in [2.75, 3.05) is 0 Å². The van der Waals surface area contributed by atoms with Gasteiger partial charge in [-0.05, 0) is 44.5 Å². The fourth-order valence-corrected chi connectivity index (χ4v) is 1.33. The molecule has 1 rings (SSSR count). The van der Waals surface area contributed by atoms with Crippen molar-refractivity contribution in [3.05, 3.63) is 42.5 Å². The van der Waals surface area contributed by atoms with Crippen LogP contribution in [0.5, 0.6) is 5.75 Å². The standard InChI is InChI=1S/C14H19NO2/c1-5-13(16)15-10-11-7-6-8-12(9-11)17-14(2,3)4/h5-9H,1,10H2,2-4H3,(H,15,16). The van der Waals surface area contributed by atoms with Crippen molar-refractivity contribution in [1.82, 2.24) is 5.32 Å². The highest BCUT2D eigenvalue weighted by Crippen LogP contribution is 2.19. The van der Waals surface area contributed by atoms with Gasteiger partial charge in [-0.15, -0.1) is 0 Å². The molecule has 92 valence electrons. The SMILES string of the molecule is C=CC(=O)NCc1cccc(OC(C)(C)C)c1. The van der Waals surface area contributed by atoms with Gasteiger partial charge in [-0.2, -0.15) is 0 Å². The lowest BCUT2D eigenvalue weighted by atomic mass is 10.1. The van der Waals surface area contributed by atoms with Gasteiger partial charge in [-0.1, -0.05) is 18.7 Å². The third kappa shape index (κ3) is 5.20. The van der Waals surface area contributed by atoms with E-state index in [0.29, 0.717) is 6.54 Å². The minimum atomic E-state index is -0.219. The number of carbonyl (C=O) groups is 1. The summed E-state index contributed by atoms with van der Waals surface area (Å²) in [5.74, 6) is 0.634. The van der Waals surface area contributed by atoms with Crippen LogP contribution in [-0.2, 0) is 11.3 Å². The molecule has 1 amide bonds. The first kappa shape index (κ1) is 13.3. The lowest BCUT2D eigenvalue weighted by Gasteiger charge is -2.21. The second kappa shape index (κ2) is 5.53. The monoisotopic (exact) mass is 233 g/mol. The molecule has 0 aliphatic rings. The average Bonchev–Trinajstić information content (AvgIpc) is 2.24. The average molecular weight is 233 g/mol. The Hall–Kier alpha value is -1.77. The van der Waals surface area contributed by atoms with Crippen LogP contribution >= 0.6 is 0 Å². The van der Waals surface area contributed by atoms with Crippen molar-refractivity contribution in [3.8, 4) is 5.75 Å². The van der Waals surface area contributed by atoms with Gasteiger partial charge in [0.15, 0.2) is 0 Å². The van der Waals surface area contributed by atoms with Gasteiger partial charge in [-0.25, -0.2) is 0 Å². The zero-order valence-corrected chi connectivity index (χ0v) is 10.6. The van der Waals surface area contributed by atoms with Crippen LogP contribution < -0.4 is 10.1 Å². The lowest BCUT2D eigenvalue weighted by Crippen LogP contribution is -2.23. The molecule has 0 bridgehead atoms. The minimum Gasteiger partial charge on any atom is -0.488 e. The highest BCUT2D eigenvalue weighted by molar-refractivity contribution is 5.86. The Labute approximate surface area is 102 Å². The molecule has 0 aromatic heterocycles. The molecule has 17 heavy (non-hydrogen) atoms.